The lowest BCUT2D eigenvalue weighted by atomic mass is 10.2. The number of carbonyl (C=O) groups excluding carboxylic acids is 1. The molecule has 0 saturated heterocycles. The molecule has 0 aliphatic rings. The second-order valence-corrected chi connectivity index (χ2v) is 4.30. The quantitative estimate of drug-likeness (QED) is 0.844. The topological polar surface area (TPSA) is 38.3 Å². The fraction of sp³-hybridized carbons (Fsp3) is 0.0714. The molecule has 0 aromatic heterocycles. The maximum absolute atomic E-state index is 13.6. The molecule has 98 valence electrons. The van der Waals surface area contributed by atoms with Crippen LogP contribution in [0.1, 0.15) is 10.4 Å². The molecule has 0 bridgehead atoms. The third-order valence-electron chi connectivity index (χ3n) is 2.57. The first-order valence-electron chi connectivity index (χ1n) is 5.54. The molecule has 0 heterocycles. The molecule has 2 rings (SSSR count). The van der Waals surface area contributed by atoms with E-state index in [1.54, 1.807) is 24.3 Å². The SMILES string of the molecule is COc1ccc(F)c(NC(=O)c2ccccc2S)c1. The van der Waals surface area contributed by atoms with Crippen molar-refractivity contribution in [1.29, 1.82) is 0 Å². The Bertz CT molecular complexity index is 616. The van der Waals surface area contributed by atoms with Gasteiger partial charge in [-0.1, -0.05) is 12.1 Å². The monoisotopic (exact) mass is 277 g/mol. The van der Waals surface area contributed by atoms with Gasteiger partial charge >= 0.3 is 0 Å². The van der Waals surface area contributed by atoms with Gasteiger partial charge in [-0.15, -0.1) is 12.6 Å². The van der Waals surface area contributed by atoms with Crippen LogP contribution in [0.25, 0.3) is 0 Å². The van der Waals surface area contributed by atoms with Crippen molar-refractivity contribution in [2.24, 2.45) is 0 Å². The third kappa shape index (κ3) is 3.06. The average molecular weight is 277 g/mol. The van der Waals surface area contributed by atoms with Crippen LogP contribution in [0.15, 0.2) is 47.4 Å². The summed E-state index contributed by atoms with van der Waals surface area (Å²) in [6, 6.07) is 10.9. The Labute approximate surface area is 115 Å². The van der Waals surface area contributed by atoms with Crippen molar-refractivity contribution in [3.8, 4) is 5.75 Å². The summed E-state index contributed by atoms with van der Waals surface area (Å²) in [6.45, 7) is 0. The molecule has 0 fully saturated rings. The predicted octanol–water partition coefficient (Wildman–Crippen LogP) is 3.38. The average Bonchev–Trinajstić information content (AvgIpc) is 2.41. The summed E-state index contributed by atoms with van der Waals surface area (Å²) in [6.07, 6.45) is 0. The van der Waals surface area contributed by atoms with Crippen molar-refractivity contribution < 1.29 is 13.9 Å². The highest BCUT2D eigenvalue weighted by atomic mass is 32.1. The minimum Gasteiger partial charge on any atom is -0.497 e. The smallest absolute Gasteiger partial charge is 0.256 e. The maximum Gasteiger partial charge on any atom is 0.256 e. The molecule has 5 heteroatoms. The second-order valence-electron chi connectivity index (χ2n) is 3.82. The number of halogens is 1. The van der Waals surface area contributed by atoms with Gasteiger partial charge in [0, 0.05) is 11.0 Å². The van der Waals surface area contributed by atoms with E-state index >= 15 is 0 Å². The summed E-state index contributed by atoms with van der Waals surface area (Å²) in [5.41, 5.74) is 0.453. The van der Waals surface area contributed by atoms with Gasteiger partial charge in [0.15, 0.2) is 0 Å². The largest absolute Gasteiger partial charge is 0.497 e. The van der Waals surface area contributed by atoms with Crippen LogP contribution in [0.3, 0.4) is 0 Å². The Kier molecular flexibility index (Phi) is 4.06. The van der Waals surface area contributed by atoms with Gasteiger partial charge in [-0.05, 0) is 24.3 Å². The summed E-state index contributed by atoms with van der Waals surface area (Å²) >= 11 is 4.19. The van der Waals surface area contributed by atoms with Crippen LogP contribution in [-0.2, 0) is 0 Å². The zero-order chi connectivity index (χ0) is 13.8. The number of thiol groups is 1. The van der Waals surface area contributed by atoms with E-state index in [4.69, 9.17) is 4.74 Å². The summed E-state index contributed by atoms with van der Waals surface area (Å²) in [5.74, 6) is -0.473. The predicted molar refractivity (Wildman–Crippen MR) is 74.6 cm³/mol. The summed E-state index contributed by atoms with van der Waals surface area (Å²) in [4.78, 5) is 12.6. The van der Waals surface area contributed by atoms with E-state index in [0.717, 1.165) is 0 Å². The fourth-order valence-corrected chi connectivity index (χ4v) is 1.84. The highest BCUT2D eigenvalue weighted by Gasteiger charge is 2.12. The van der Waals surface area contributed by atoms with Gasteiger partial charge < -0.3 is 10.1 Å². The molecule has 0 aliphatic heterocycles. The van der Waals surface area contributed by atoms with Crippen LogP contribution in [0.5, 0.6) is 5.75 Å². The minimum atomic E-state index is -0.522. The zero-order valence-electron chi connectivity index (χ0n) is 10.2. The number of anilines is 1. The first kappa shape index (κ1) is 13.4. The van der Waals surface area contributed by atoms with Gasteiger partial charge in [-0.2, -0.15) is 0 Å². The molecule has 1 amide bonds. The number of rotatable bonds is 3. The molecule has 0 aliphatic carbocycles. The number of carbonyl (C=O) groups is 1. The van der Waals surface area contributed by atoms with Gasteiger partial charge in [-0.25, -0.2) is 4.39 Å². The molecule has 3 nitrogen and oxygen atoms in total. The van der Waals surface area contributed by atoms with Gasteiger partial charge in [-0.3, -0.25) is 4.79 Å². The molecule has 1 N–H and O–H groups in total. The molecule has 0 unspecified atom stereocenters. The number of amides is 1. The Balaban J connectivity index is 2.26. The number of ether oxygens (including phenoxy) is 1. The van der Waals surface area contributed by atoms with E-state index in [0.29, 0.717) is 16.2 Å². The van der Waals surface area contributed by atoms with Crippen molar-refractivity contribution in [3.05, 3.63) is 53.8 Å². The van der Waals surface area contributed by atoms with Crippen LogP contribution in [-0.4, -0.2) is 13.0 Å². The van der Waals surface area contributed by atoms with Gasteiger partial charge in [0.1, 0.15) is 11.6 Å². The summed E-state index contributed by atoms with van der Waals surface area (Å²) in [7, 11) is 1.47. The van der Waals surface area contributed by atoms with Gasteiger partial charge in [0.05, 0.1) is 18.4 Å². The van der Waals surface area contributed by atoms with E-state index < -0.39 is 11.7 Å². The molecular weight excluding hydrogens is 265 g/mol. The number of nitrogens with one attached hydrogen (secondary N) is 1. The van der Waals surface area contributed by atoms with E-state index in [9.17, 15) is 9.18 Å². The van der Waals surface area contributed by atoms with E-state index in [2.05, 4.69) is 17.9 Å². The molecule has 0 atom stereocenters. The van der Waals surface area contributed by atoms with Crippen LogP contribution in [0.2, 0.25) is 0 Å². The van der Waals surface area contributed by atoms with Crippen molar-refractivity contribution >= 4 is 24.2 Å². The normalized spacial score (nSPS) is 10.1. The van der Waals surface area contributed by atoms with Crippen molar-refractivity contribution in [1.82, 2.24) is 0 Å². The highest BCUT2D eigenvalue weighted by molar-refractivity contribution is 7.80. The Morgan fingerprint density at radius 3 is 2.68 bits per heavy atom. The third-order valence-corrected chi connectivity index (χ3v) is 2.96. The summed E-state index contributed by atoms with van der Waals surface area (Å²) in [5, 5.41) is 2.50. The molecule has 2 aromatic rings. The highest BCUT2D eigenvalue weighted by Crippen LogP contribution is 2.22. The number of hydrogen-bond acceptors (Lipinski definition) is 3. The lowest BCUT2D eigenvalue weighted by Crippen LogP contribution is -2.13. The molecule has 2 aromatic carbocycles. The molecule has 19 heavy (non-hydrogen) atoms. The lowest BCUT2D eigenvalue weighted by Gasteiger charge is -2.09. The molecular formula is C14H12FNO2S. The first-order valence-corrected chi connectivity index (χ1v) is 5.99. The van der Waals surface area contributed by atoms with E-state index in [1.807, 2.05) is 0 Å². The first-order chi connectivity index (χ1) is 9.11. The van der Waals surface area contributed by atoms with Crippen molar-refractivity contribution in [2.45, 2.75) is 4.90 Å². The van der Waals surface area contributed by atoms with Crippen molar-refractivity contribution in [3.63, 3.8) is 0 Å². The second kappa shape index (κ2) is 5.75. The molecule has 0 spiro atoms. The van der Waals surface area contributed by atoms with Gasteiger partial charge in [0.2, 0.25) is 0 Å². The lowest BCUT2D eigenvalue weighted by molar-refractivity contribution is 0.102. The van der Waals surface area contributed by atoms with E-state index in [1.165, 1.54) is 25.3 Å². The Morgan fingerprint density at radius 2 is 2.00 bits per heavy atom. The minimum absolute atomic E-state index is 0.0703. The Morgan fingerprint density at radius 1 is 1.26 bits per heavy atom. The van der Waals surface area contributed by atoms with Crippen LogP contribution in [0, 0.1) is 5.82 Å². The van der Waals surface area contributed by atoms with Crippen LogP contribution in [0.4, 0.5) is 10.1 Å². The van der Waals surface area contributed by atoms with Crippen molar-refractivity contribution in [2.75, 3.05) is 12.4 Å². The maximum atomic E-state index is 13.6. The van der Waals surface area contributed by atoms with Gasteiger partial charge in [0.25, 0.3) is 5.91 Å². The van der Waals surface area contributed by atoms with Crippen LogP contribution >= 0.6 is 12.6 Å². The Hall–Kier alpha value is -2.01. The number of hydrogen-bond donors (Lipinski definition) is 2. The van der Waals surface area contributed by atoms with E-state index in [-0.39, 0.29) is 5.69 Å². The molecule has 0 radical (unpaired) electrons. The summed E-state index contributed by atoms with van der Waals surface area (Å²) < 4.78 is 18.6. The zero-order valence-corrected chi connectivity index (χ0v) is 11.1. The fourth-order valence-electron chi connectivity index (χ4n) is 1.58. The number of methoxy groups -OCH3 is 1. The standard InChI is InChI=1S/C14H12FNO2S/c1-18-9-6-7-11(15)12(8-9)16-14(17)10-4-2-3-5-13(10)19/h2-8,19H,1H3,(H,16,17). The van der Waals surface area contributed by atoms with Crippen LogP contribution < -0.4 is 10.1 Å². The molecule has 0 saturated carbocycles. The number of benzene rings is 2.